The Morgan fingerprint density at radius 2 is 1.19 bits per heavy atom. The molecule has 4 nitrogen and oxygen atoms in total. The summed E-state index contributed by atoms with van der Waals surface area (Å²) in [5.74, 6) is 0. The van der Waals surface area contributed by atoms with Crippen molar-refractivity contribution in [2.45, 2.75) is 103 Å². The summed E-state index contributed by atoms with van der Waals surface area (Å²) in [5.41, 5.74) is 0. The van der Waals surface area contributed by atoms with E-state index in [0.717, 1.165) is 19.3 Å². The molecule has 124 valence electrons. The van der Waals surface area contributed by atoms with Gasteiger partial charge in [-0.1, -0.05) is 84.0 Å². The normalized spacial score (nSPS) is 12.2. The molecule has 0 aromatic heterocycles. The van der Waals surface area contributed by atoms with Crippen LogP contribution >= 0.6 is 0 Å². The number of nitrogens with zero attached hydrogens (tertiary/aromatic N) is 1. The van der Waals surface area contributed by atoms with Crippen LogP contribution < -0.4 is 0 Å². The van der Waals surface area contributed by atoms with Crippen LogP contribution in [0.15, 0.2) is 0 Å². The van der Waals surface area contributed by atoms with Gasteiger partial charge in [-0.3, -0.25) is 14.9 Å². The SMILES string of the molecule is CCCCCCCCCCCCCCCC(C=O)[N+](=O)[O-]. The predicted molar refractivity (Wildman–Crippen MR) is 87.2 cm³/mol. The van der Waals surface area contributed by atoms with Crippen LogP contribution in [-0.2, 0) is 4.79 Å². The maximum absolute atomic E-state index is 10.5. The van der Waals surface area contributed by atoms with Crippen molar-refractivity contribution >= 4 is 6.29 Å². The maximum Gasteiger partial charge on any atom is 0.267 e. The van der Waals surface area contributed by atoms with Gasteiger partial charge in [-0.25, -0.2) is 0 Å². The third-order valence-electron chi connectivity index (χ3n) is 4.03. The highest BCUT2D eigenvalue weighted by atomic mass is 16.6. The van der Waals surface area contributed by atoms with Crippen molar-refractivity contribution < 1.29 is 9.72 Å². The summed E-state index contributed by atoms with van der Waals surface area (Å²) in [6, 6.07) is -0.988. The molecule has 0 aliphatic heterocycles. The van der Waals surface area contributed by atoms with Crippen LogP contribution in [0.2, 0.25) is 0 Å². The Morgan fingerprint density at radius 3 is 1.52 bits per heavy atom. The highest BCUT2D eigenvalue weighted by molar-refractivity contribution is 5.55. The Morgan fingerprint density at radius 1 is 0.810 bits per heavy atom. The summed E-state index contributed by atoms with van der Waals surface area (Å²) in [6.45, 7) is 2.25. The van der Waals surface area contributed by atoms with E-state index in [1.54, 1.807) is 0 Å². The minimum Gasteiger partial charge on any atom is -0.296 e. The zero-order chi connectivity index (χ0) is 15.8. The van der Waals surface area contributed by atoms with E-state index in [9.17, 15) is 14.9 Å². The van der Waals surface area contributed by atoms with Gasteiger partial charge in [-0.15, -0.1) is 0 Å². The third kappa shape index (κ3) is 13.8. The van der Waals surface area contributed by atoms with Gasteiger partial charge in [0.05, 0.1) is 0 Å². The van der Waals surface area contributed by atoms with Crippen molar-refractivity contribution in [1.29, 1.82) is 0 Å². The highest BCUT2D eigenvalue weighted by Gasteiger charge is 2.17. The molecule has 0 N–H and O–H groups in total. The van der Waals surface area contributed by atoms with Gasteiger partial charge in [0.15, 0.2) is 6.29 Å². The topological polar surface area (TPSA) is 60.2 Å². The molecule has 0 aliphatic carbocycles. The Balaban J connectivity index is 3.15. The molecule has 0 spiro atoms. The van der Waals surface area contributed by atoms with E-state index >= 15 is 0 Å². The standard InChI is InChI=1S/C17H33NO3/c1-2-3-4-5-6-7-8-9-10-11-12-13-14-15-17(16-19)18(20)21/h16-17H,2-15H2,1H3. The van der Waals surface area contributed by atoms with Crippen molar-refractivity contribution in [3.8, 4) is 0 Å². The molecule has 21 heavy (non-hydrogen) atoms. The number of unbranched alkanes of at least 4 members (excludes halogenated alkanes) is 12. The van der Waals surface area contributed by atoms with E-state index in [4.69, 9.17) is 0 Å². The monoisotopic (exact) mass is 299 g/mol. The van der Waals surface area contributed by atoms with Crippen molar-refractivity contribution in [2.75, 3.05) is 0 Å². The fourth-order valence-electron chi connectivity index (χ4n) is 2.59. The van der Waals surface area contributed by atoms with Crippen molar-refractivity contribution in [3.05, 3.63) is 10.1 Å². The smallest absolute Gasteiger partial charge is 0.267 e. The molecule has 0 aromatic carbocycles. The van der Waals surface area contributed by atoms with Crippen LogP contribution in [0.5, 0.6) is 0 Å². The van der Waals surface area contributed by atoms with Gasteiger partial charge in [-0.2, -0.15) is 0 Å². The molecule has 0 bridgehead atoms. The van der Waals surface area contributed by atoms with Crippen molar-refractivity contribution in [1.82, 2.24) is 0 Å². The number of nitro groups is 1. The van der Waals surface area contributed by atoms with E-state index in [1.807, 2.05) is 0 Å². The first kappa shape index (κ1) is 20.1. The Labute approximate surface area is 129 Å². The van der Waals surface area contributed by atoms with Gasteiger partial charge in [0.1, 0.15) is 0 Å². The van der Waals surface area contributed by atoms with E-state index in [1.165, 1.54) is 64.2 Å². The molecule has 1 unspecified atom stereocenters. The van der Waals surface area contributed by atoms with Gasteiger partial charge >= 0.3 is 0 Å². The third-order valence-corrected chi connectivity index (χ3v) is 4.03. The lowest BCUT2D eigenvalue weighted by molar-refractivity contribution is -0.506. The maximum atomic E-state index is 10.5. The number of rotatable bonds is 16. The van der Waals surface area contributed by atoms with Crippen LogP contribution in [0.3, 0.4) is 0 Å². The van der Waals surface area contributed by atoms with Crippen LogP contribution in [-0.4, -0.2) is 17.3 Å². The predicted octanol–water partition coefficient (Wildman–Crippen LogP) is 5.31. The number of carbonyl (C=O) groups excluding carboxylic acids is 1. The molecule has 0 rings (SSSR count). The summed E-state index contributed by atoms with van der Waals surface area (Å²) >= 11 is 0. The summed E-state index contributed by atoms with van der Waals surface area (Å²) in [7, 11) is 0. The van der Waals surface area contributed by atoms with E-state index < -0.39 is 11.0 Å². The summed E-state index contributed by atoms with van der Waals surface area (Å²) in [6.07, 6.45) is 17.2. The molecular formula is C17H33NO3. The lowest BCUT2D eigenvalue weighted by Crippen LogP contribution is -2.20. The fourth-order valence-corrected chi connectivity index (χ4v) is 2.59. The largest absolute Gasteiger partial charge is 0.296 e. The highest BCUT2D eigenvalue weighted by Crippen LogP contribution is 2.13. The van der Waals surface area contributed by atoms with Crippen molar-refractivity contribution in [3.63, 3.8) is 0 Å². The van der Waals surface area contributed by atoms with Crippen LogP contribution in [0, 0.1) is 10.1 Å². The summed E-state index contributed by atoms with van der Waals surface area (Å²) < 4.78 is 0. The first-order valence-corrected chi connectivity index (χ1v) is 8.81. The second kappa shape index (κ2) is 15.5. The van der Waals surface area contributed by atoms with Crippen LogP contribution in [0.25, 0.3) is 0 Å². The molecule has 0 aromatic rings. The number of carbonyl (C=O) groups is 1. The van der Waals surface area contributed by atoms with Gasteiger partial charge in [0.2, 0.25) is 0 Å². The molecular weight excluding hydrogens is 266 g/mol. The van der Waals surface area contributed by atoms with Crippen LogP contribution in [0.4, 0.5) is 0 Å². The summed E-state index contributed by atoms with van der Waals surface area (Å²) in [5, 5.41) is 10.5. The first-order valence-electron chi connectivity index (χ1n) is 8.81. The van der Waals surface area contributed by atoms with Gasteiger partial charge in [-0.05, 0) is 6.42 Å². The zero-order valence-electron chi connectivity index (χ0n) is 13.7. The quantitative estimate of drug-likeness (QED) is 0.168. The lowest BCUT2D eigenvalue weighted by Gasteiger charge is -2.04. The molecule has 0 saturated heterocycles. The molecule has 0 heterocycles. The molecule has 0 radical (unpaired) electrons. The van der Waals surface area contributed by atoms with Gasteiger partial charge in [0.25, 0.3) is 6.04 Å². The Hall–Kier alpha value is -0.930. The average Bonchev–Trinajstić information content (AvgIpc) is 2.47. The number of hydrogen-bond acceptors (Lipinski definition) is 3. The molecule has 0 aliphatic rings. The molecule has 0 amide bonds. The second-order valence-corrected chi connectivity index (χ2v) is 6.02. The Bertz CT molecular complexity index is 256. The van der Waals surface area contributed by atoms with Crippen LogP contribution in [0.1, 0.15) is 96.8 Å². The van der Waals surface area contributed by atoms with Crippen molar-refractivity contribution in [2.24, 2.45) is 0 Å². The average molecular weight is 299 g/mol. The fraction of sp³-hybridized carbons (Fsp3) is 0.941. The van der Waals surface area contributed by atoms with E-state index in [0.29, 0.717) is 12.7 Å². The molecule has 0 saturated carbocycles. The van der Waals surface area contributed by atoms with E-state index in [-0.39, 0.29) is 0 Å². The van der Waals surface area contributed by atoms with E-state index in [2.05, 4.69) is 6.92 Å². The molecule has 0 fully saturated rings. The minimum atomic E-state index is -0.988. The van der Waals surface area contributed by atoms with Gasteiger partial charge < -0.3 is 0 Å². The van der Waals surface area contributed by atoms with Gasteiger partial charge in [0, 0.05) is 11.3 Å². The number of hydrogen-bond donors (Lipinski definition) is 0. The number of aldehydes is 1. The first-order chi connectivity index (χ1) is 10.2. The second-order valence-electron chi connectivity index (χ2n) is 6.02. The lowest BCUT2D eigenvalue weighted by atomic mass is 10.0. The summed E-state index contributed by atoms with van der Waals surface area (Å²) in [4.78, 5) is 20.4. The molecule has 4 heteroatoms. The molecule has 1 atom stereocenters. The minimum absolute atomic E-state index is 0.397. The Kier molecular flexibility index (Phi) is 14.8. The zero-order valence-corrected chi connectivity index (χ0v) is 13.7.